The van der Waals surface area contributed by atoms with Crippen LogP contribution in [0.1, 0.15) is 31.9 Å². The minimum absolute atomic E-state index is 0.00402. The number of hydrogen-bond donors (Lipinski definition) is 1. The highest BCUT2D eigenvalue weighted by molar-refractivity contribution is 5.92. The van der Waals surface area contributed by atoms with E-state index in [1.165, 1.54) is 7.11 Å². The minimum atomic E-state index is -0.561. The van der Waals surface area contributed by atoms with Crippen molar-refractivity contribution in [2.45, 2.75) is 38.4 Å². The largest absolute Gasteiger partial charge is 0.453 e. The molecule has 1 aromatic rings. The summed E-state index contributed by atoms with van der Waals surface area (Å²) in [6.07, 6.45) is 0.228. The standard InChI is InChI=1S/C15H20N2O3/c1-4-12-13(16-15(19)20-3)14(18)17(12)10(2)11-8-6-5-7-9-11/h5-10,12-13H,4H2,1-3H3,(H,16,19)/t10-,12?,13?/m0/s1. The highest BCUT2D eigenvalue weighted by atomic mass is 16.5. The average molecular weight is 276 g/mol. The van der Waals surface area contributed by atoms with Crippen molar-refractivity contribution in [2.75, 3.05) is 7.11 Å². The predicted molar refractivity (Wildman–Crippen MR) is 75.1 cm³/mol. The Bertz CT molecular complexity index is 489. The number of hydrogen-bond acceptors (Lipinski definition) is 3. The minimum Gasteiger partial charge on any atom is -0.453 e. The lowest BCUT2D eigenvalue weighted by atomic mass is 9.89. The molecule has 3 atom stereocenters. The van der Waals surface area contributed by atoms with Crippen LogP contribution in [0.5, 0.6) is 0 Å². The maximum atomic E-state index is 12.3. The molecule has 2 amide bonds. The van der Waals surface area contributed by atoms with Gasteiger partial charge in [0.15, 0.2) is 0 Å². The third-order valence-electron chi connectivity index (χ3n) is 3.84. The van der Waals surface area contributed by atoms with E-state index < -0.39 is 12.1 Å². The van der Waals surface area contributed by atoms with Crippen molar-refractivity contribution in [1.82, 2.24) is 10.2 Å². The molecule has 2 unspecified atom stereocenters. The van der Waals surface area contributed by atoms with Gasteiger partial charge in [-0.3, -0.25) is 4.79 Å². The van der Waals surface area contributed by atoms with Gasteiger partial charge >= 0.3 is 6.09 Å². The summed E-state index contributed by atoms with van der Waals surface area (Å²) >= 11 is 0. The van der Waals surface area contributed by atoms with Crippen LogP contribution < -0.4 is 5.32 Å². The van der Waals surface area contributed by atoms with E-state index in [0.29, 0.717) is 0 Å². The Balaban J connectivity index is 2.10. The summed E-state index contributed by atoms with van der Waals surface area (Å²) in [7, 11) is 1.30. The number of carbonyl (C=O) groups is 2. The lowest BCUT2D eigenvalue weighted by molar-refractivity contribution is -0.155. The topological polar surface area (TPSA) is 58.6 Å². The number of benzene rings is 1. The first-order chi connectivity index (χ1) is 9.60. The summed E-state index contributed by atoms with van der Waals surface area (Å²) in [5, 5.41) is 2.60. The van der Waals surface area contributed by atoms with Crippen LogP contribution in [0.25, 0.3) is 0 Å². The van der Waals surface area contributed by atoms with E-state index in [1.807, 2.05) is 49.1 Å². The molecule has 2 rings (SSSR count). The Morgan fingerprint density at radius 3 is 2.60 bits per heavy atom. The molecular weight excluding hydrogens is 256 g/mol. The van der Waals surface area contributed by atoms with Crippen molar-refractivity contribution in [3.63, 3.8) is 0 Å². The Kier molecular flexibility index (Phi) is 4.27. The van der Waals surface area contributed by atoms with Crippen LogP contribution in [0.15, 0.2) is 30.3 Å². The molecule has 0 aliphatic carbocycles. The number of β-lactam (4-membered cyclic amide) rings is 1. The molecule has 1 aliphatic heterocycles. The number of nitrogens with one attached hydrogen (secondary N) is 1. The summed E-state index contributed by atoms with van der Waals surface area (Å²) in [6.45, 7) is 4.01. The molecule has 0 spiro atoms. The molecule has 5 nitrogen and oxygen atoms in total. The van der Waals surface area contributed by atoms with E-state index in [2.05, 4.69) is 10.1 Å². The Labute approximate surface area is 118 Å². The Morgan fingerprint density at radius 2 is 2.05 bits per heavy atom. The second kappa shape index (κ2) is 5.94. The summed E-state index contributed by atoms with van der Waals surface area (Å²) in [5.41, 5.74) is 1.09. The van der Waals surface area contributed by atoms with Crippen LogP contribution in [0.3, 0.4) is 0 Å². The number of likely N-dealkylation sites (tertiary alicyclic amines) is 1. The van der Waals surface area contributed by atoms with Gasteiger partial charge in [-0.05, 0) is 18.9 Å². The smallest absolute Gasteiger partial charge is 0.407 e. The molecule has 108 valence electrons. The van der Waals surface area contributed by atoms with E-state index in [4.69, 9.17) is 0 Å². The zero-order valence-corrected chi connectivity index (χ0v) is 12.0. The number of methoxy groups -OCH3 is 1. The van der Waals surface area contributed by atoms with Crippen LogP contribution in [0.4, 0.5) is 4.79 Å². The second-order valence-electron chi connectivity index (χ2n) is 4.92. The van der Waals surface area contributed by atoms with Gasteiger partial charge in [0.05, 0.1) is 19.2 Å². The fourth-order valence-corrected chi connectivity index (χ4v) is 2.71. The molecule has 1 heterocycles. The van der Waals surface area contributed by atoms with Crippen LogP contribution in [-0.4, -0.2) is 36.1 Å². The maximum Gasteiger partial charge on any atom is 0.407 e. The molecule has 1 aliphatic rings. The number of amides is 2. The normalized spacial score (nSPS) is 22.9. The van der Waals surface area contributed by atoms with Crippen LogP contribution in [0, 0.1) is 0 Å². The van der Waals surface area contributed by atoms with Crippen molar-refractivity contribution in [3.8, 4) is 0 Å². The van der Waals surface area contributed by atoms with E-state index in [1.54, 1.807) is 0 Å². The maximum absolute atomic E-state index is 12.3. The van der Waals surface area contributed by atoms with Gasteiger partial charge in [0.1, 0.15) is 6.04 Å². The molecular formula is C15H20N2O3. The van der Waals surface area contributed by atoms with Gasteiger partial charge in [0.2, 0.25) is 5.91 Å². The molecule has 1 saturated heterocycles. The molecule has 5 heteroatoms. The van der Waals surface area contributed by atoms with Crippen LogP contribution in [0.2, 0.25) is 0 Å². The lowest BCUT2D eigenvalue weighted by Gasteiger charge is -2.50. The van der Waals surface area contributed by atoms with Crippen LogP contribution >= 0.6 is 0 Å². The molecule has 1 N–H and O–H groups in total. The van der Waals surface area contributed by atoms with Crippen molar-refractivity contribution in [3.05, 3.63) is 35.9 Å². The van der Waals surface area contributed by atoms with Gasteiger partial charge in [-0.25, -0.2) is 4.79 Å². The van der Waals surface area contributed by atoms with Gasteiger partial charge in [-0.15, -0.1) is 0 Å². The second-order valence-corrected chi connectivity index (χ2v) is 4.92. The zero-order valence-electron chi connectivity index (χ0n) is 12.0. The van der Waals surface area contributed by atoms with Crippen LogP contribution in [-0.2, 0) is 9.53 Å². The zero-order chi connectivity index (χ0) is 14.7. The fraction of sp³-hybridized carbons (Fsp3) is 0.467. The number of nitrogens with zero attached hydrogens (tertiary/aromatic N) is 1. The third-order valence-corrected chi connectivity index (χ3v) is 3.84. The van der Waals surface area contributed by atoms with Crippen molar-refractivity contribution < 1.29 is 14.3 Å². The molecule has 0 radical (unpaired) electrons. The monoisotopic (exact) mass is 276 g/mol. The summed E-state index contributed by atoms with van der Waals surface area (Å²) < 4.78 is 4.56. The van der Waals surface area contributed by atoms with Gasteiger partial charge in [-0.1, -0.05) is 37.3 Å². The molecule has 0 aromatic heterocycles. The van der Waals surface area contributed by atoms with E-state index in [0.717, 1.165) is 12.0 Å². The van der Waals surface area contributed by atoms with Crippen molar-refractivity contribution >= 4 is 12.0 Å². The molecule has 1 fully saturated rings. The van der Waals surface area contributed by atoms with E-state index in [-0.39, 0.29) is 18.0 Å². The highest BCUT2D eigenvalue weighted by Gasteiger charge is 2.49. The first-order valence-corrected chi connectivity index (χ1v) is 6.81. The summed E-state index contributed by atoms with van der Waals surface area (Å²) in [6, 6.07) is 9.42. The first kappa shape index (κ1) is 14.4. The summed E-state index contributed by atoms with van der Waals surface area (Å²) in [4.78, 5) is 25.3. The fourth-order valence-electron chi connectivity index (χ4n) is 2.71. The number of rotatable bonds is 4. The summed E-state index contributed by atoms with van der Waals surface area (Å²) in [5.74, 6) is -0.0568. The van der Waals surface area contributed by atoms with Gasteiger partial charge in [0.25, 0.3) is 0 Å². The van der Waals surface area contributed by atoms with Gasteiger partial charge in [0, 0.05) is 0 Å². The highest BCUT2D eigenvalue weighted by Crippen LogP contribution is 2.33. The SMILES string of the molecule is CCC1C(NC(=O)OC)C(=O)N1[C@@H](C)c1ccccc1. The quantitative estimate of drug-likeness (QED) is 0.857. The Hall–Kier alpha value is -2.04. The average Bonchev–Trinajstić information content (AvgIpc) is 2.49. The van der Waals surface area contributed by atoms with E-state index in [9.17, 15) is 9.59 Å². The molecule has 1 aromatic carbocycles. The predicted octanol–water partition coefficient (Wildman–Crippen LogP) is 2.09. The van der Waals surface area contributed by atoms with Gasteiger partial charge in [-0.2, -0.15) is 0 Å². The van der Waals surface area contributed by atoms with Gasteiger partial charge < -0.3 is 15.0 Å². The van der Waals surface area contributed by atoms with Crippen molar-refractivity contribution in [1.29, 1.82) is 0 Å². The number of alkyl carbamates (subject to hydrolysis) is 1. The lowest BCUT2D eigenvalue weighted by Crippen LogP contribution is -2.70. The number of carbonyl (C=O) groups excluding carboxylic acids is 2. The first-order valence-electron chi connectivity index (χ1n) is 6.81. The molecule has 20 heavy (non-hydrogen) atoms. The third kappa shape index (κ3) is 2.48. The molecule has 0 saturated carbocycles. The van der Waals surface area contributed by atoms with E-state index >= 15 is 0 Å². The number of ether oxygens (including phenoxy) is 1. The Morgan fingerprint density at radius 1 is 1.40 bits per heavy atom. The molecule has 0 bridgehead atoms. The van der Waals surface area contributed by atoms with Crippen molar-refractivity contribution in [2.24, 2.45) is 0 Å².